The summed E-state index contributed by atoms with van der Waals surface area (Å²) in [5.74, 6) is 1.01. The van der Waals surface area contributed by atoms with Gasteiger partial charge in [0.15, 0.2) is 0 Å². The summed E-state index contributed by atoms with van der Waals surface area (Å²) in [5, 5.41) is 13.3. The van der Waals surface area contributed by atoms with Gasteiger partial charge < -0.3 is 5.11 Å². The summed E-state index contributed by atoms with van der Waals surface area (Å²) in [6, 6.07) is 0. The molecule has 1 aliphatic carbocycles. The Kier molecular flexibility index (Phi) is 2.96. The van der Waals surface area contributed by atoms with Crippen LogP contribution in [0.4, 0.5) is 0 Å². The minimum atomic E-state index is -0.0405. The van der Waals surface area contributed by atoms with Crippen LogP contribution in [0.1, 0.15) is 24.3 Å². The molecule has 2 atom stereocenters. The lowest BCUT2D eigenvalue weighted by molar-refractivity contribution is -0.0517. The minimum absolute atomic E-state index is 0.0405. The lowest BCUT2D eigenvalue weighted by Gasteiger charge is -2.44. The molecule has 1 aromatic rings. The molecule has 1 saturated carbocycles. The van der Waals surface area contributed by atoms with Gasteiger partial charge in [0.2, 0.25) is 0 Å². The van der Waals surface area contributed by atoms with E-state index in [4.69, 9.17) is 0 Å². The van der Waals surface area contributed by atoms with Crippen molar-refractivity contribution in [3.05, 3.63) is 16.6 Å². The Morgan fingerprint density at radius 2 is 2.12 bits per heavy atom. The molecule has 2 unspecified atom stereocenters. The average molecular weight is 238 g/mol. The van der Waals surface area contributed by atoms with Gasteiger partial charge in [-0.15, -0.1) is 11.3 Å². The van der Waals surface area contributed by atoms with E-state index >= 15 is 0 Å². The summed E-state index contributed by atoms with van der Waals surface area (Å²) in [4.78, 5) is 6.81. The number of aliphatic hydroxyl groups is 1. The van der Waals surface area contributed by atoms with Gasteiger partial charge in [-0.2, -0.15) is 0 Å². The van der Waals surface area contributed by atoms with Gasteiger partial charge in [-0.05, 0) is 24.7 Å². The monoisotopic (exact) mass is 238 g/mol. The van der Waals surface area contributed by atoms with Crippen LogP contribution in [0.5, 0.6) is 0 Å². The summed E-state index contributed by atoms with van der Waals surface area (Å²) in [6.07, 6.45) is 5.54. The van der Waals surface area contributed by atoms with Crippen molar-refractivity contribution >= 4 is 11.3 Å². The normalized spacial score (nSPS) is 35.2. The molecule has 0 radical (unpaired) electrons. The van der Waals surface area contributed by atoms with E-state index in [2.05, 4.69) is 9.88 Å². The number of hydrogen-bond acceptors (Lipinski definition) is 4. The Balaban J connectivity index is 1.66. The van der Waals surface area contributed by atoms with Gasteiger partial charge in [-0.1, -0.05) is 6.42 Å². The highest BCUT2D eigenvalue weighted by atomic mass is 32.1. The molecule has 1 aliphatic heterocycles. The third-order valence-electron chi connectivity index (χ3n) is 3.94. The molecule has 2 aliphatic rings. The van der Waals surface area contributed by atoms with E-state index in [-0.39, 0.29) is 6.10 Å². The first kappa shape index (κ1) is 10.7. The van der Waals surface area contributed by atoms with Gasteiger partial charge >= 0.3 is 0 Å². The van der Waals surface area contributed by atoms with Crippen molar-refractivity contribution in [3.8, 4) is 0 Å². The van der Waals surface area contributed by atoms with E-state index in [9.17, 15) is 5.11 Å². The van der Waals surface area contributed by atoms with Crippen LogP contribution >= 0.6 is 11.3 Å². The van der Waals surface area contributed by atoms with Crippen molar-refractivity contribution in [3.63, 3.8) is 0 Å². The summed E-state index contributed by atoms with van der Waals surface area (Å²) < 4.78 is 0. The smallest absolute Gasteiger partial charge is 0.107 e. The molecule has 0 spiro atoms. The molecule has 2 heterocycles. The van der Waals surface area contributed by atoms with Crippen LogP contribution in [0.25, 0.3) is 0 Å². The zero-order valence-electron chi connectivity index (χ0n) is 9.38. The molecule has 0 aromatic carbocycles. The van der Waals surface area contributed by atoms with Gasteiger partial charge in [-0.25, -0.2) is 4.98 Å². The van der Waals surface area contributed by atoms with Crippen molar-refractivity contribution in [1.29, 1.82) is 0 Å². The Morgan fingerprint density at radius 1 is 1.38 bits per heavy atom. The third-order valence-corrected chi connectivity index (χ3v) is 4.71. The van der Waals surface area contributed by atoms with Gasteiger partial charge in [0.1, 0.15) is 5.01 Å². The summed E-state index contributed by atoms with van der Waals surface area (Å²) in [5.41, 5.74) is 0. The van der Waals surface area contributed by atoms with Crippen LogP contribution in [-0.4, -0.2) is 34.2 Å². The van der Waals surface area contributed by atoms with Gasteiger partial charge in [0.25, 0.3) is 0 Å². The molecule has 3 rings (SSSR count). The standard InChI is InChI=1S/C12H18N2OS/c15-12-9-2-1-3-10(12)7-14(6-9)8-11-13-4-5-16-11/h4-5,9-10,12,15H,1-3,6-8H2. The average Bonchev–Trinajstić information content (AvgIpc) is 2.72. The fourth-order valence-corrected chi connectivity index (χ4v) is 3.81. The highest BCUT2D eigenvalue weighted by Gasteiger charge is 2.38. The lowest BCUT2D eigenvalue weighted by Crippen LogP contribution is -2.51. The number of rotatable bonds is 2. The Hall–Kier alpha value is -0.450. The van der Waals surface area contributed by atoms with Crippen LogP contribution in [0.3, 0.4) is 0 Å². The lowest BCUT2D eigenvalue weighted by atomic mass is 9.75. The third kappa shape index (κ3) is 2.01. The van der Waals surface area contributed by atoms with Crippen LogP contribution in [-0.2, 0) is 6.54 Å². The van der Waals surface area contributed by atoms with Crippen LogP contribution < -0.4 is 0 Å². The maximum atomic E-state index is 10.1. The molecular formula is C12H18N2OS. The molecule has 16 heavy (non-hydrogen) atoms. The molecule has 1 saturated heterocycles. The van der Waals surface area contributed by atoms with Crippen molar-refractivity contribution < 1.29 is 5.11 Å². The van der Waals surface area contributed by atoms with E-state index in [1.54, 1.807) is 11.3 Å². The number of nitrogens with zero attached hydrogens (tertiary/aromatic N) is 2. The topological polar surface area (TPSA) is 36.4 Å². The predicted molar refractivity (Wildman–Crippen MR) is 64.2 cm³/mol. The number of hydrogen-bond donors (Lipinski definition) is 1. The van der Waals surface area contributed by atoms with Crippen LogP contribution in [0.2, 0.25) is 0 Å². The fraction of sp³-hybridized carbons (Fsp3) is 0.750. The van der Waals surface area contributed by atoms with Gasteiger partial charge in [-0.3, -0.25) is 4.90 Å². The summed E-state index contributed by atoms with van der Waals surface area (Å²) in [6.45, 7) is 3.08. The van der Waals surface area contributed by atoms with Crippen molar-refractivity contribution in [1.82, 2.24) is 9.88 Å². The second-order valence-corrected chi connectivity index (χ2v) is 6.04. The molecule has 0 amide bonds. The summed E-state index contributed by atoms with van der Waals surface area (Å²) >= 11 is 1.73. The van der Waals surface area contributed by atoms with E-state index in [0.29, 0.717) is 11.8 Å². The number of piperidine rings is 1. The Bertz CT molecular complexity index is 327. The maximum Gasteiger partial charge on any atom is 0.107 e. The predicted octanol–water partition coefficient (Wildman–Crippen LogP) is 1.74. The van der Waals surface area contributed by atoms with Gasteiger partial charge in [0, 0.05) is 24.7 Å². The van der Waals surface area contributed by atoms with E-state index in [0.717, 1.165) is 19.6 Å². The highest BCUT2D eigenvalue weighted by Crippen LogP contribution is 2.35. The Labute approximate surface area is 100 Å². The SMILES string of the molecule is OC1C2CCCC1CN(Cc1nccs1)C2. The second kappa shape index (κ2) is 4.43. The number of likely N-dealkylation sites (tertiary alicyclic amines) is 1. The maximum absolute atomic E-state index is 10.1. The number of aliphatic hydroxyl groups excluding tert-OH is 1. The minimum Gasteiger partial charge on any atom is -0.392 e. The zero-order valence-corrected chi connectivity index (χ0v) is 10.2. The van der Waals surface area contributed by atoms with Crippen LogP contribution in [0, 0.1) is 11.8 Å². The number of thiazole rings is 1. The first-order valence-electron chi connectivity index (χ1n) is 6.12. The molecule has 88 valence electrons. The quantitative estimate of drug-likeness (QED) is 0.852. The van der Waals surface area contributed by atoms with Crippen LogP contribution in [0.15, 0.2) is 11.6 Å². The molecule has 2 bridgehead atoms. The van der Waals surface area contributed by atoms with Crippen molar-refractivity contribution in [2.24, 2.45) is 11.8 Å². The first-order valence-corrected chi connectivity index (χ1v) is 6.99. The molecule has 1 aromatic heterocycles. The van der Waals surface area contributed by atoms with Crippen molar-refractivity contribution in [2.45, 2.75) is 31.9 Å². The molecule has 2 fully saturated rings. The van der Waals surface area contributed by atoms with E-state index in [1.165, 1.54) is 24.3 Å². The van der Waals surface area contributed by atoms with E-state index in [1.807, 2.05) is 11.6 Å². The number of aromatic nitrogens is 1. The van der Waals surface area contributed by atoms with Gasteiger partial charge in [0.05, 0.1) is 12.6 Å². The molecular weight excluding hydrogens is 220 g/mol. The van der Waals surface area contributed by atoms with E-state index < -0.39 is 0 Å². The highest BCUT2D eigenvalue weighted by molar-refractivity contribution is 7.09. The number of fused-ring (bicyclic) bond motifs is 2. The largest absolute Gasteiger partial charge is 0.392 e. The molecule has 3 nitrogen and oxygen atoms in total. The second-order valence-electron chi connectivity index (χ2n) is 5.06. The Morgan fingerprint density at radius 3 is 2.75 bits per heavy atom. The zero-order chi connectivity index (χ0) is 11.0. The molecule has 1 N–H and O–H groups in total. The summed E-state index contributed by atoms with van der Waals surface area (Å²) in [7, 11) is 0. The fourth-order valence-electron chi connectivity index (χ4n) is 3.16. The molecule has 4 heteroatoms. The first-order chi connectivity index (χ1) is 7.83. The van der Waals surface area contributed by atoms with Crippen molar-refractivity contribution in [2.75, 3.05) is 13.1 Å².